The van der Waals surface area contributed by atoms with Gasteiger partial charge in [0.15, 0.2) is 5.65 Å². The van der Waals surface area contributed by atoms with Crippen molar-refractivity contribution in [2.45, 2.75) is 30.6 Å². The van der Waals surface area contributed by atoms with E-state index in [9.17, 15) is 9.90 Å². The molecule has 0 aliphatic carbocycles. The van der Waals surface area contributed by atoms with Crippen LogP contribution in [0.1, 0.15) is 34.3 Å². The van der Waals surface area contributed by atoms with Crippen molar-refractivity contribution in [3.63, 3.8) is 0 Å². The van der Waals surface area contributed by atoms with E-state index in [0.29, 0.717) is 11.2 Å². The van der Waals surface area contributed by atoms with Gasteiger partial charge < -0.3 is 20.5 Å². The van der Waals surface area contributed by atoms with Gasteiger partial charge in [-0.25, -0.2) is 4.98 Å². The quantitative estimate of drug-likeness (QED) is 0.665. The number of pyridine rings is 1. The molecule has 0 atom stereocenters. The van der Waals surface area contributed by atoms with E-state index in [1.807, 2.05) is 36.0 Å². The molecular weight excluding hydrogens is 400 g/mol. The van der Waals surface area contributed by atoms with Crippen LogP contribution in [0.25, 0.3) is 16.7 Å². The summed E-state index contributed by atoms with van der Waals surface area (Å²) in [6, 6.07) is 7.98. The minimum Gasteiger partial charge on any atom is -0.393 e. The molecule has 30 heavy (non-hydrogen) atoms. The number of aliphatic hydroxyl groups is 1. The monoisotopic (exact) mass is 426 g/mol. The van der Waals surface area contributed by atoms with E-state index in [1.54, 1.807) is 7.11 Å². The Balaban J connectivity index is 1.77. The number of amides is 1. The number of ether oxygens (including phenoxy) is 1. The van der Waals surface area contributed by atoms with Gasteiger partial charge in [0.25, 0.3) is 5.91 Å². The summed E-state index contributed by atoms with van der Waals surface area (Å²) in [4.78, 5) is 19.7. The Morgan fingerprint density at radius 2 is 2.07 bits per heavy atom. The molecule has 3 N–H and O–H groups in total. The van der Waals surface area contributed by atoms with Crippen LogP contribution in [-0.2, 0) is 16.9 Å². The maximum absolute atomic E-state index is 12.5. The molecule has 1 fully saturated rings. The van der Waals surface area contributed by atoms with Crippen molar-refractivity contribution < 1.29 is 14.6 Å². The van der Waals surface area contributed by atoms with E-state index in [1.165, 1.54) is 5.56 Å². The number of methoxy groups -OCH3 is 1. The third-order valence-corrected chi connectivity index (χ3v) is 7.60. The Morgan fingerprint density at radius 3 is 2.77 bits per heavy atom. The van der Waals surface area contributed by atoms with Crippen LogP contribution in [-0.4, -0.2) is 58.6 Å². The van der Waals surface area contributed by atoms with Crippen LogP contribution < -0.4 is 10.6 Å². The lowest BCUT2D eigenvalue weighted by atomic mass is 9.91. The number of thioether (sulfide) groups is 1. The summed E-state index contributed by atoms with van der Waals surface area (Å²) in [5.74, 6) is 2.51. The summed E-state index contributed by atoms with van der Waals surface area (Å²) in [5, 5.41) is 9.85. The third kappa shape index (κ3) is 2.89. The summed E-state index contributed by atoms with van der Waals surface area (Å²) in [7, 11) is 1.67. The molecule has 0 bridgehead atoms. The van der Waals surface area contributed by atoms with Gasteiger partial charge in [-0.2, -0.15) is 11.8 Å². The average Bonchev–Trinajstić information content (AvgIpc) is 3.16. The van der Waals surface area contributed by atoms with E-state index in [-0.39, 0.29) is 6.61 Å². The van der Waals surface area contributed by atoms with E-state index in [0.717, 1.165) is 66.3 Å². The second-order valence-electron chi connectivity index (χ2n) is 8.11. The molecule has 4 heterocycles. The fraction of sp³-hybridized carbons (Fsp3) is 0.455. The first-order valence-corrected chi connectivity index (χ1v) is 11.5. The third-order valence-electron chi connectivity index (χ3n) is 6.62. The molecule has 0 radical (unpaired) electrons. The Labute approximate surface area is 179 Å². The number of carbonyl (C=O) groups excluding carboxylic acids is 1. The summed E-state index contributed by atoms with van der Waals surface area (Å²) in [5.41, 5.74) is 10.7. The number of rotatable bonds is 4. The summed E-state index contributed by atoms with van der Waals surface area (Å²) in [6.45, 7) is 1.56. The second-order valence-corrected chi connectivity index (χ2v) is 9.22. The Kier molecular flexibility index (Phi) is 4.88. The Hall–Kier alpha value is -2.29. The molecule has 7 nitrogen and oxygen atoms in total. The molecule has 5 rings (SSSR count). The molecule has 2 aliphatic heterocycles. The number of nitrogens with two attached hydrogens (primary N) is 1. The number of imidazole rings is 1. The highest BCUT2D eigenvalue weighted by atomic mass is 32.2. The van der Waals surface area contributed by atoms with Crippen molar-refractivity contribution in [2.24, 2.45) is 5.73 Å². The van der Waals surface area contributed by atoms with Crippen LogP contribution in [0.3, 0.4) is 0 Å². The van der Waals surface area contributed by atoms with Gasteiger partial charge in [0.05, 0.1) is 28.8 Å². The number of fused-ring (bicyclic) bond motifs is 4. The maximum atomic E-state index is 12.5. The van der Waals surface area contributed by atoms with E-state index >= 15 is 0 Å². The number of nitrogens with zero attached hydrogens (tertiary/aromatic N) is 3. The van der Waals surface area contributed by atoms with Crippen LogP contribution in [0.5, 0.6) is 0 Å². The van der Waals surface area contributed by atoms with Gasteiger partial charge in [-0.3, -0.25) is 9.20 Å². The van der Waals surface area contributed by atoms with Crippen LogP contribution in [0.4, 0.5) is 5.82 Å². The van der Waals surface area contributed by atoms with Crippen LogP contribution in [0.2, 0.25) is 0 Å². The first kappa shape index (κ1) is 19.7. The Morgan fingerprint density at radius 1 is 1.30 bits per heavy atom. The molecule has 0 saturated carbocycles. The average molecular weight is 427 g/mol. The van der Waals surface area contributed by atoms with E-state index in [2.05, 4.69) is 9.30 Å². The molecule has 8 heteroatoms. The summed E-state index contributed by atoms with van der Waals surface area (Å²) in [6.07, 6.45) is 2.30. The maximum Gasteiger partial charge on any atom is 0.252 e. The molecule has 2 aromatic heterocycles. The lowest BCUT2D eigenvalue weighted by molar-refractivity contribution is -0.0673. The van der Waals surface area contributed by atoms with Crippen molar-refractivity contribution in [3.8, 4) is 0 Å². The molecule has 3 aromatic rings. The van der Waals surface area contributed by atoms with Crippen molar-refractivity contribution in [3.05, 3.63) is 41.0 Å². The zero-order valence-corrected chi connectivity index (χ0v) is 17.9. The predicted molar refractivity (Wildman–Crippen MR) is 119 cm³/mol. The fourth-order valence-corrected chi connectivity index (χ4v) is 5.88. The number of aliphatic hydroxyl groups excluding tert-OH is 1. The van der Waals surface area contributed by atoms with Gasteiger partial charge in [0, 0.05) is 31.5 Å². The molecule has 1 aromatic carbocycles. The number of carbonyl (C=O) groups is 1. The standard InChI is InChI=1S/C22H26N4O3S/c1-29-22(13-27)7-9-25(10-8-22)21-15-12-30-11-6-14(15)18(19(23)28)20-24-16-4-2-3-5-17(16)26(20)21/h2-5,27H,6-13H2,1H3,(H2,23,28). The van der Waals surface area contributed by atoms with Gasteiger partial charge in [-0.05, 0) is 42.7 Å². The minimum atomic E-state index is -0.478. The van der Waals surface area contributed by atoms with Gasteiger partial charge >= 0.3 is 0 Å². The number of primary amides is 1. The number of para-hydroxylation sites is 2. The predicted octanol–water partition coefficient (Wildman–Crippen LogP) is 2.35. The molecule has 158 valence electrons. The van der Waals surface area contributed by atoms with Gasteiger partial charge in [-0.1, -0.05) is 12.1 Å². The lowest BCUT2D eigenvalue weighted by Gasteiger charge is -2.42. The SMILES string of the molecule is COC1(CO)CCN(c2c3c(c(C(N)=O)c4nc5ccccc5n24)CCSC3)CC1. The number of anilines is 1. The highest BCUT2D eigenvalue weighted by Crippen LogP contribution is 2.40. The number of hydrogen-bond donors (Lipinski definition) is 2. The lowest BCUT2D eigenvalue weighted by Crippen LogP contribution is -2.48. The van der Waals surface area contributed by atoms with Crippen molar-refractivity contribution in [1.82, 2.24) is 9.38 Å². The van der Waals surface area contributed by atoms with Gasteiger partial charge in [0.1, 0.15) is 5.82 Å². The summed E-state index contributed by atoms with van der Waals surface area (Å²) >= 11 is 1.88. The number of aromatic nitrogens is 2. The van der Waals surface area contributed by atoms with E-state index in [4.69, 9.17) is 15.5 Å². The van der Waals surface area contributed by atoms with Gasteiger partial charge in [-0.15, -0.1) is 0 Å². The molecule has 2 aliphatic rings. The molecular formula is C22H26N4O3S. The van der Waals surface area contributed by atoms with Crippen molar-refractivity contribution >= 4 is 40.2 Å². The van der Waals surface area contributed by atoms with Crippen LogP contribution in [0, 0.1) is 0 Å². The van der Waals surface area contributed by atoms with Gasteiger partial charge in [0.2, 0.25) is 0 Å². The highest BCUT2D eigenvalue weighted by Gasteiger charge is 2.37. The zero-order valence-electron chi connectivity index (χ0n) is 17.1. The topological polar surface area (TPSA) is 93.1 Å². The number of benzene rings is 1. The van der Waals surface area contributed by atoms with Crippen molar-refractivity contribution in [1.29, 1.82) is 0 Å². The largest absolute Gasteiger partial charge is 0.393 e. The molecule has 0 spiro atoms. The zero-order chi connectivity index (χ0) is 20.9. The van der Waals surface area contributed by atoms with E-state index < -0.39 is 11.5 Å². The van der Waals surface area contributed by atoms with Crippen molar-refractivity contribution in [2.75, 3.05) is 37.5 Å². The number of piperidine rings is 1. The molecule has 1 amide bonds. The first-order chi connectivity index (χ1) is 14.6. The first-order valence-electron chi connectivity index (χ1n) is 10.3. The smallest absolute Gasteiger partial charge is 0.252 e. The second kappa shape index (κ2) is 7.44. The number of hydrogen-bond acceptors (Lipinski definition) is 6. The molecule has 1 saturated heterocycles. The fourth-order valence-electron chi connectivity index (χ4n) is 4.88. The molecule has 0 unspecified atom stereocenters. The van der Waals surface area contributed by atoms with Crippen LogP contribution >= 0.6 is 11.8 Å². The Bertz CT molecular complexity index is 1130. The minimum absolute atomic E-state index is 0.0231. The summed E-state index contributed by atoms with van der Waals surface area (Å²) < 4.78 is 7.78. The normalized spacial score (nSPS) is 18.7. The highest BCUT2D eigenvalue weighted by molar-refractivity contribution is 7.98. The van der Waals surface area contributed by atoms with Crippen LogP contribution in [0.15, 0.2) is 24.3 Å².